The molecule has 42 heavy (non-hydrogen) atoms. The third kappa shape index (κ3) is 7.26. The molecule has 0 saturated heterocycles. The molecule has 0 spiro atoms. The molecule has 5 rings (SSSR count). The van der Waals surface area contributed by atoms with Gasteiger partial charge in [-0.15, -0.1) is 34.4 Å². The van der Waals surface area contributed by atoms with E-state index >= 15 is 0 Å². The molecule has 0 fully saturated rings. The van der Waals surface area contributed by atoms with Crippen LogP contribution in [0, 0.1) is 19.4 Å². The topological polar surface area (TPSA) is 41.2 Å². The van der Waals surface area contributed by atoms with Crippen LogP contribution < -0.4 is 4.57 Å². The number of benzene rings is 3. The van der Waals surface area contributed by atoms with Crippen LogP contribution in [0.5, 0.6) is 0 Å². The molecular weight excluding hydrogens is 715 g/mol. The molecule has 0 amide bonds. The second-order valence-electron chi connectivity index (χ2n) is 13.2. The summed E-state index contributed by atoms with van der Waals surface area (Å²) in [4.78, 5) is 10.0. The fourth-order valence-electron chi connectivity index (χ4n) is 5.43. The third-order valence-corrected chi connectivity index (χ3v) is 8.26. The average Bonchev–Trinajstić information content (AvgIpc) is 3.20. The molecule has 3 nitrogen and oxygen atoms in total. The van der Waals surface area contributed by atoms with E-state index in [1.165, 1.54) is 67.6 Å². The van der Waals surface area contributed by atoms with Gasteiger partial charge >= 0.3 is 0 Å². The Balaban J connectivity index is 0.000000541. The van der Waals surface area contributed by atoms with E-state index in [-0.39, 0.29) is 42.5 Å². The van der Waals surface area contributed by atoms with Gasteiger partial charge in [-0.05, 0) is 59.6 Å². The van der Waals surface area contributed by atoms with Gasteiger partial charge in [-0.25, -0.2) is 0 Å². The number of pyridine rings is 1. The van der Waals surface area contributed by atoms with Crippen LogP contribution in [-0.4, -0.2) is 10.9 Å². The number of rotatable bonds is 3. The van der Waals surface area contributed by atoms with Crippen LogP contribution in [0.2, 0.25) is 0 Å². The Morgan fingerprint density at radius 1 is 0.929 bits per heavy atom. The van der Waals surface area contributed by atoms with Crippen LogP contribution in [0.3, 0.4) is 0 Å². The van der Waals surface area contributed by atoms with Crippen molar-refractivity contribution in [1.29, 1.82) is 0 Å². The van der Waals surface area contributed by atoms with Gasteiger partial charge in [-0.2, -0.15) is 12.5 Å². The van der Waals surface area contributed by atoms with Crippen LogP contribution >= 0.6 is 11.3 Å². The van der Waals surface area contributed by atoms with Gasteiger partial charge in [0.1, 0.15) is 0 Å². The molecular formula is C37H42IrNO2S-. The second kappa shape index (κ2) is 12.6. The minimum Gasteiger partial charge on any atom is -0.512 e. The number of thiophene rings is 1. The molecule has 0 saturated carbocycles. The molecule has 0 aliphatic carbocycles. The van der Waals surface area contributed by atoms with Crippen LogP contribution in [-0.2, 0) is 36.7 Å². The maximum Gasteiger partial charge on any atom is 0.155 e. The number of nitrogens with zero attached hydrogens (tertiary/aromatic N) is 1. The third-order valence-electron chi connectivity index (χ3n) is 7.08. The summed E-state index contributed by atoms with van der Waals surface area (Å²) in [5, 5.41) is 13.5. The van der Waals surface area contributed by atoms with E-state index in [0.29, 0.717) is 0 Å². The summed E-state index contributed by atoms with van der Waals surface area (Å²) < 4.78 is 4.64. The van der Waals surface area contributed by atoms with Crippen molar-refractivity contribution in [3.8, 4) is 11.3 Å². The molecule has 3 aromatic carbocycles. The number of aromatic nitrogens is 1. The minimum atomic E-state index is -0.125. The quantitative estimate of drug-likeness (QED) is 0.0863. The molecule has 0 atom stereocenters. The molecule has 0 unspecified atom stereocenters. The largest absolute Gasteiger partial charge is 0.512 e. The number of carbonyl (C=O) groups excluding carboxylic acids is 1. The van der Waals surface area contributed by atoms with E-state index < -0.39 is 0 Å². The summed E-state index contributed by atoms with van der Waals surface area (Å²) >= 11 is 1.88. The molecule has 0 aliphatic rings. The first-order chi connectivity index (χ1) is 19.1. The molecule has 2 aromatic heterocycles. The molecule has 5 aromatic rings. The smallest absolute Gasteiger partial charge is 0.155 e. The maximum absolute atomic E-state index is 10.0. The van der Waals surface area contributed by atoms with Crippen molar-refractivity contribution in [2.24, 2.45) is 5.41 Å². The minimum absolute atomic E-state index is 0. The van der Waals surface area contributed by atoms with Crippen LogP contribution in [0.15, 0.2) is 72.6 Å². The zero-order chi connectivity index (χ0) is 30.3. The molecule has 0 aliphatic heterocycles. The zero-order valence-corrected chi connectivity index (χ0v) is 29.2. The summed E-state index contributed by atoms with van der Waals surface area (Å²) in [7, 11) is 4.39. The van der Waals surface area contributed by atoms with Gasteiger partial charge in [0.15, 0.2) is 5.78 Å². The van der Waals surface area contributed by atoms with Crippen molar-refractivity contribution in [3.05, 3.63) is 103 Å². The molecule has 223 valence electrons. The van der Waals surface area contributed by atoms with Crippen molar-refractivity contribution in [2.75, 3.05) is 0 Å². The van der Waals surface area contributed by atoms with Crippen LogP contribution in [0.1, 0.15) is 72.1 Å². The zero-order valence-electron chi connectivity index (χ0n) is 26.0. The first-order valence-corrected chi connectivity index (χ1v) is 14.9. The van der Waals surface area contributed by atoms with Crippen molar-refractivity contribution >= 4 is 48.1 Å². The number of fused-ring (bicyclic) bond motifs is 4. The predicted molar refractivity (Wildman–Crippen MR) is 177 cm³/mol. The maximum atomic E-state index is 10.0. The Morgan fingerprint density at radius 2 is 1.57 bits per heavy atom. The molecule has 1 N–H and O–H groups in total. The number of aliphatic hydroxyl groups is 1. The molecule has 5 heteroatoms. The molecule has 0 bridgehead atoms. The van der Waals surface area contributed by atoms with Gasteiger partial charge < -0.3 is 9.67 Å². The van der Waals surface area contributed by atoms with E-state index in [9.17, 15) is 4.79 Å². The Morgan fingerprint density at radius 3 is 2.12 bits per heavy atom. The number of allylic oxidation sites excluding steroid dienone is 2. The number of carbonyl (C=O) groups is 1. The second-order valence-corrected chi connectivity index (χ2v) is 14.2. The van der Waals surface area contributed by atoms with E-state index in [1.54, 1.807) is 0 Å². The number of ketones is 1. The molecule has 2 heterocycles. The van der Waals surface area contributed by atoms with Crippen LogP contribution in [0.25, 0.3) is 42.2 Å². The predicted octanol–water partition coefficient (Wildman–Crippen LogP) is 9.90. The first kappa shape index (κ1) is 33.4. The normalized spacial score (nSPS) is 12.2. The first-order valence-electron chi connectivity index (χ1n) is 14.0. The van der Waals surface area contributed by atoms with Crippen molar-refractivity contribution in [2.45, 2.75) is 67.2 Å². The summed E-state index contributed by atoms with van der Waals surface area (Å²) in [6.45, 7) is 21.2. The fourth-order valence-corrected chi connectivity index (χ4v) is 6.76. The van der Waals surface area contributed by atoms with E-state index in [0.717, 1.165) is 17.7 Å². The summed E-state index contributed by atoms with van der Waals surface area (Å²) in [5.41, 5.74) is 6.42. The van der Waals surface area contributed by atoms with Gasteiger partial charge in [-0.1, -0.05) is 82.8 Å². The standard InChI is InChI=1S/C32H34NS.C5H8O2.Ir/c1-20-22-11-9-10-12-23(22)27(32(5,6)7)18-26(20)29-30-25(15-16-33(29)8)24-14-13-21(17-28(24)34-30)19-31(2,3)4;1-4(6)3-5(2)7;/h9-18H,1,8,19H2,2-7H3;3,6H,1-2H3;/q-1;;/b;4-3-;. The number of aliphatic hydroxyl groups excluding tert-OH is 1. The summed E-state index contributed by atoms with van der Waals surface area (Å²) in [6.07, 6.45) is 4.33. The van der Waals surface area contributed by atoms with E-state index in [1.807, 2.05) is 15.9 Å². The van der Waals surface area contributed by atoms with Gasteiger partial charge in [-0.3, -0.25) is 4.79 Å². The van der Waals surface area contributed by atoms with Crippen molar-refractivity contribution in [3.63, 3.8) is 0 Å². The van der Waals surface area contributed by atoms with E-state index in [2.05, 4.69) is 116 Å². The van der Waals surface area contributed by atoms with Crippen molar-refractivity contribution < 1.29 is 34.6 Å². The molecule has 1 radical (unpaired) electrons. The Labute approximate surface area is 268 Å². The Kier molecular flexibility index (Phi) is 10.0. The van der Waals surface area contributed by atoms with Crippen LogP contribution in [0.4, 0.5) is 0 Å². The number of hydrogen-bond acceptors (Lipinski definition) is 3. The van der Waals surface area contributed by atoms with Gasteiger partial charge in [0.05, 0.1) is 17.6 Å². The Hall–Kier alpha value is -3.11. The fraction of sp³-hybridized carbons (Fsp3) is 0.297. The van der Waals surface area contributed by atoms with E-state index in [4.69, 9.17) is 5.11 Å². The SMILES string of the molecule is CC(=O)/C=C(/C)O.[CH2-]c1c(-c2c3sc4cc(CC(C)(C)C)ccc4c3cc[n+]2[CH2-])cc(C(C)(C)C)c2ccccc12.[Ir]. The number of hydrogen-bond donors (Lipinski definition) is 1. The van der Waals surface area contributed by atoms with Gasteiger partial charge in [0, 0.05) is 42.6 Å². The van der Waals surface area contributed by atoms with Gasteiger partial charge in [0.2, 0.25) is 0 Å². The summed E-state index contributed by atoms with van der Waals surface area (Å²) in [6, 6.07) is 20.2. The summed E-state index contributed by atoms with van der Waals surface area (Å²) in [5.74, 6) is -0.0625. The van der Waals surface area contributed by atoms with Gasteiger partial charge in [0.25, 0.3) is 0 Å². The monoisotopic (exact) mass is 757 g/mol. The Bertz CT molecular complexity index is 1800. The average molecular weight is 757 g/mol. The van der Waals surface area contributed by atoms with Crippen molar-refractivity contribution in [1.82, 2.24) is 0 Å².